The van der Waals surface area contributed by atoms with Crippen LogP contribution in [0, 0.1) is 0 Å². The number of nitrogens with zero attached hydrogens (tertiary/aromatic N) is 2. The summed E-state index contributed by atoms with van der Waals surface area (Å²) < 4.78 is 7.88. The first-order chi connectivity index (χ1) is 18.7. The van der Waals surface area contributed by atoms with Gasteiger partial charge in [0.25, 0.3) is 11.5 Å². The van der Waals surface area contributed by atoms with Crippen molar-refractivity contribution in [3.8, 4) is 11.1 Å². The highest BCUT2D eigenvalue weighted by Gasteiger charge is 2.28. The van der Waals surface area contributed by atoms with Crippen LogP contribution in [0.4, 0.5) is 5.95 Å². The van der Waals surface area contributed by atoms with Crippen LogP contribution in [0.15, 0.2) is 114 Å². The van der Waals surface area contributed by atoms with E-state index in [9.17, 15) is 9.59 Å². The lowest BCUT2D eigenvalue weighted by molar-refractivity contribution is 0.0347. The van der Waals surface area contributed by atoms with Crippen molar-refractivity contribution in [3.63, 3.8) is 0 Å². The Bertz CT molecular complexity index is 1630. The molecule has 1 fully saturated rings. The van der Waals surface area contributed by atoms with Crippen LogP contribution >= 0.6 is 0 Å². The first-order valence-corrected chi connectivity index (χ1v) is 12.8. The number of nitrogens with one attached hydrogen (secondary N) is 1. The number of benzene rings is 4. The molecule has 4 aromatic carbocycles. The van der Waals surface area contributed by atoms with Crippen LogP contribution in [0.25, 0.3) is 22.0 Å². The molecule has 1 aromatic heterocycles. The summed E-state index contributed by atoms with van der Waals surface area (Å²) in [4.78, 5) is 31.6. The number of hydrogen-bond acceptors (Lipinski definition) is 4. The smallest absolute Gasteiger partial charge is 0.262 e. The number of amides is 1. The molecule has 1 aliphatic rings. The van der Waals surface area contributed by atoms with Crippen molar-refractivity contribution in [2.75, 3.05) is 5.32 Å². The lowest BCUT2D eigenvalue weighted by Gasteiger charge is -2.19. The lowest BCUT2D eigenvalue weighted by Crippen LogP contribution is -2.31. The fourth-order valence-electron chi connectivity index (χ4n) is 5.02. The van der Waals surface area contributed by atoms with Crippen molar-refractivity contribution < 1.29 is 9.53 Å². The van der Waals surface area contributed by atoms with Crippen LogP contribution in [0.5, 0.6) is 0 Å². The summed E-state index contributed by atoms with van der Waals surface area (Å²) in [6, 6.07) is 34.6. The minimum Gasteiger partial charge on any atom is -0.368 e. The molecular weight excluding hydrogens is 474 g/mol. The summed E-state index contributed by atoms with van der Waals surface area (Å²) in [6.07, 6.45) is 1.49. The lowest BCUT2D eigenvalue weighted by atomic mass is 10.0. The number of carbonyl (C=O) groups is 1. The number of fused-ring (bicyclic) bond motifs is 1. The van der Waals surface area contributed by atoms with E-state index in [0.29, 0.717) is 23.0 Å². The summed E-state index contributed by atoms with van der Waals surface area (Å²) in [5, 5.41) is 3.39. The zero-order valence-electron chi connectivity index (χ0n) is 20.8. The fourth-order valence-corrected chi connectivity index (χ4v) is 5.02. The minimum absolute atomic E-state index is 0.0129. The second-order valence-electron chi connectivity index (χ2n) is 9.50. The van der Waals surface area contributed by atoms with Crippen molar-refractivity contribution in [1.29, 1.82) is 0 Å². The second-order valence-corrected chi connectivity index (χ2v) is 9.50. The summed E-state index contributed by atoms with van der Waals surface area (Å²) in [5.41, 5.74) is 3.93. The minimum atomic E-state index is -0.320. The second kappa shape index (κ2) is 10.4. The average molecular weight is 502 g/mol. The molecule has 1 saturated heterocycles. The Morgan fingerprint density at radius 2 is 1.53 bits per heavy atom. The third kappa shape index (κ3) is 4.86. The summed E-state index contributed by atoms with van der Waals surface area (Å²) >= 11 is 0. The Morgan fingerprint density at radius 1 is 0.842 bits per heavy atom. The predicted molar refractivity (Wildman–Crippen MR) is 149 cm³/mol. The molecule has 2 atom stereocenters. The average Bonchev–Trinajstić information content (AvgIpc) is 3.45. The molecular formula is C32H27N3O3. The van der Waals surface area contributed by atoms with Crippen LogP contribution in [0.1, 0.15) is 34.9 Å². The van der Waals surface area contributed by atoms with Gasteiger partial charge in [-0.1, -0.05) is 84.9 Å². The van der Waals surface area contributed by atoms with Gasteiger partial charge in [0.2, 0.25) is 5.95 Å². The van der Waals surface area contributed by atoms with Crippen LogP contribution in [-0.4, -0.2) is 21.6 Å². The van der Waals surface area contributed by atoms with Crippen molar-refractivity contribution in [2.24, 2.45) is 0 Å². The highest BCUT2D eigenvalue weighted by molar-refractivity contribution is 6.03. The van der Waals surface area contributed by atoms with Crippen molar-refractivity contribution in [2.45, 2.75) is 31.6 Å². The molecule has 2 heterocycles. The van der Waals surface area contributed by atoms with Gasteiger partial charge in [-0.05, 0) is 53.8 Å². The molecule has 188 valence electrons. The van der Waals surface area contributed by atoms with Gasteiger partial charge in [-0.25, -0.2) is 4.98 Å². The van der Waals surface area contributed by atoms with E-state index in [1.165, 1.54) is 0 Å². The highest BCUT2D eigenvalue weighted by atomic mass is 16.5. The molecule has 6 nitrogen and oxygen atoms in total. The van der Waals surface area contributed by atoms with Gasteiger partial charge in [-0.2, -0.15) is 0 Å². The number of aromatic nitrogens is 2. The maximum absolute atomic E-state index is 13.8. The number of hydrogen-bond donors (Lipinski definition) is 1. The van der Waals surface area contributed by atoms with Gasteiger partial charge in [0.05, 0.1) is 29.7 Å². The van der Waals surface area contributed by atoms with Crippen LogP contribution < -0.4 is 10.9 Å². The normalized spacial score (nSPS) is 16.9. The van der Waals surface area contributed by atoms with Crippen molar-refractivity contribution in [3.05, 3.63) is 131 Å². The van der Waals surface area contributed by atoms with E-state index in [-0.39, 0.29) is 29.6 Å². The molecule has 1 aliphatic heterocycles. The molecule has 6 rings (SSSR count). The van der Waals surface area contributed by atoms with Crippen molar-refractivity contribution >= 4 is 22.8 Å². The molecule has 1 N–H and O–H groups in total. The standard InChI is InChI=1S/C32H27N3O3/c36-30(24-14-8-3-9-15-24)34-32-33-28-20-25(22-10-4-1-5-11-22)16-18-27(28)31(37)35(32)21-26-17-19-29(38-26)23-12-6-2-7-13-23/h1-16,18,20,26,29H,17,19,21H2,(H,33,34,36)/t26-,29+/m1/s1. The van der Waals surface area contributed by atoms with E-state index in [1.807, 2.05) is 72.8 Å². The molecule has 0 unspecified atom stereocenters. The molecule has 0 radical (unpaired) electrons. The molecule has 38 heavy (non-hydrogen) atoms. The zero-order valence-corrected chi connectivity index (χ0v) is 20.8. The number of anilines is 1. The van der Waals surface area contributed by atoms with Gasteiger partial charge in [0.15, 0.2) is 0 Å². The topological polar surface area (TPSA) is 73.2 Å². The van der Waals surface area contributed by atoms with E-state index in [0.717, 1.165) is 29.5 Å². The Kier molecular flexibility index (Phi) is 6.54. The third-order valence-electron chi connectivity index (χ3n) is 6.99. The van der Waals surface area contributed by atoms with Gasteiger partial charge < -0.3 is 4.74 Å². The predicted octanol–water partition coefficient (Wildman–Crippen LogP) is 6.24. The maximum atomic E-state index is 13.8. The SMILES string of the molecule is O=C(Nc1nc2cc(-c3ccccc3)ccc2c(=O)n1C[C@H]1CC[C@@H](c2ccccc2)O1)c1ccccc1. The largest absolute Gasteiger partial charge is 0.368 e. The first kappa shape index (κ1) is 23.8. The highest BCUT2D eigenvalue weighted by Crippen LogP contribution is 2.33. The summed E-state index contributed by atoms with van der Waals surface area (Å²) in [5.74, 6) is -0.104. The molecule has 6 heteroatoms. The Balaban J connectivity index is 1.37. The monoisotopic (exact) mass is 501 g/mol. The maximum Gasteiger partial charge on any atom is 0.262 e. The van der Waals surface area contributed by atoms with E-state index in [1.54, 1.807) is 28.8 Å². The number of ether oxygens (including phenoxy) is 1. The fraction of sp³-hybridized carbons (Fsp3) is 0.156. The van der Waals surface area contributed by atoms with Gasteiger partial charge in [-0.3, -0.25) is 19.5 Å². The number of rotatable bonds is 6. The van der Waals surface area contributed by atoms with Crippen molar-refractivity contribution in [1.82, 2.24) is 9.55 Å². The van der Waals surface area contributed by atoms with Gasteiger partial charge >= 0.3 is 0 Å². The summed E-state index contributed by atoms with van der Waals surface area (Å²) in [6.45, 7) is 0.302. The van der Waals surface area contributed by atoms with E-state index in [4.69, 9.17) is 9.72 Å². The molecule has 0 spiro atoms. The zero-order chi connectivity index (χ0) is 25.9. The third-order valence-corrected chi connectivity index (χ3v) is 6.99. The van der Waals surface area contributed by atoms with Gasteiger partial charge in [0.1, 0.15) is 0 Å². The molecule has 0 saturated carbocycles. The quantitative estimate of drug-likeness (QED) is 0.299. The number of carbonyl (C=O) groups excluding carboxylic acids is 1. The van der Waals surface area contributed by atoms with E-state index < -0.39 is 0 Å². The van der Waals surface area contributed by atoms with E-state index >= 15 is 0 Å². The van der Waals surface area contributed by atoms with Crippen LogP contribution in [0.3, 0.4) is 0 Å². The van der Waals surface area contributed by atoms with Gasteiger partial charge in [0, 0.05) is 5.56 Å². The molecule has 5 aromatic rings. The van der Waals surface area contributed by atoms with Gasteiger partial charge in [-0.15, -0.1) is 0 Å². The van der Waals surface area contributed by atoms with Crippen LogP contribution in [-0.2, 0) is 11.3 Å². The Morgan fingerprint density at radius 3 is 2.26 bits per heavy atom. The van der Waals surface area contributed by atoms with Crippen LogP contribution in [0.2, 0.25) is 0 Å². The Labute approximate surface area is 220 Å². The molecule has 0 aliphatic carbocycles. The summed E-state index contributed by atoms with van der Waals surface area (Å²) in [7, 11) is 0. The Hall–Kier alpha value is -4.55. The molecule has 0 bridgehead atoms. The van der Waals surface area contributed by atoms with E-state index in [2.05, 4.69) is 17.4 Å². The molecule has 1 amide bonds. The first-order valence-electron chi connectivity index (χ1n) is 12.8.